The number of rotatable bonds is 8. The molecule has 0 bridgehead atoms. The Kier molecular flexibility index (Phi) is 7.47. The van der Waals surface area contributed by atoms with Gasteiger partial charge in [-0.1, -0.05) is 6.07 Å². The fourth-order valence-corrected chi connectivity index (χ4v) is 2.25. The third-order valence-corrected chi connectivity index (χ3v) is 3.59. The lowest BCUT2D eigenvalue weighted by Crippen LogP contribution is -2.34. The van der Waals surface area contributed by atoms with Crippen LogP contribution in [0.4, 0.5) is 8.78 Å². The molecule has 8 nitrogen and oxygen atoms in total. The van der Waals surface area contributed by atoms with Gasteiger partial charge in [0, 0.05) is 19.3 Å². The van der Waals surface area contributed by atoms with Gasteiger partial charge in [-0.3, -0.25) is 14.9 Å². The fourth-order valence-electron chi connectivity index (χ4n) is 2.25. The van der Waals surface area contributed by atoms with Crippen molar-refractivity contribution < 1.29 is 37.4 Å². The molecule has 2 aromatic rings. The zero-order valence-electron chi connectivity index (χ0n) is 15.6. The van der Waals surface area contributed by atoms with Crippen LogP contribution in [0.3, 0.4) is 0 Å². The summed E-state index contributed by atoms with van der Waals surface area (Å²) in [7, 11) is 2.93. The molecular formula is C19H18F2N2O6. The number of halogens is 2. The number of nitrogens with one attached hydrogen (secondary N) is 1. The van der Waals surface area contributed by atoms with E-state index in [0.29, 0.717) is 5.56 Å². The zero-order valence-corrected chi connectivity index (χ0v) is 15.6. The normalized spacial score (nSPS) is 10.8. The molecule has 0 aliphatic heterocycles. The van der Waals surface area contributed by atoms with Crippen LogP contribution in [0.15, 0.2) is 42.6 Å². The van der Waals surface area contributed by atoms with Crippen LogP contribution in [-0.2, 0) is 21.4 Å². The van der Waals surface area contributed by atoms with Crippen molar-refractivity contribution >= 4 is 23.9 Å². The topological polar surface area (TPSA) is 95.9 Å². The predicted molar refractivity (Wildman–Crippen MR) is 97.5 cm³/mol. The highest BCUT2D eigenvalue weighted by atomic mass is 19.3. The van der Waals surface area contributed by atoms with Crippen LogP contribution in [0.2, 0.25) is 0 Å². The Morgan fingerprint density at radius 1 is 1.21 bits per heavy atom. The van der Waals surface area contributed by atoms with Crippen molar-refractivity contribution in [1.82, 2.24) is 9.88 Å². The molecule has 0 aliphatic carbocycles. The molecule has 29 heavy (non-hydrogen) atoms. The molecule has 2 rings (SSSR count). The minimum absolute atomic E-state index is 0.0550. The minimum Gasteiger partial charge on any atom is -0.493 e. The first-order chi connectivity index (χ1) is 13.8. The van der Waals surface area contributed by atoms with Crippen molar-refractivity contribution in [3.8, 4) is 11.5 Å². The number of hydrogen-bond donors (Lipinski definition) is 1. The summed E-state index contributed by atoms with van der Waals surface area (Å²) >= 11 is 0. The number of ether oxygens (including phenoxy) is 3. The summed E-state index contributed by atoms with van der Waals surface area (Å²) in [6, 6.07) is 7.25. The van der Waals surface area contributed by atoms with Gasteiger partial charge < -0.3 is 18.8 Å². The molecule has 0 saturated carbocycles. The lowest BCUT2D eigenvalue weighted by atomic mass is 10.2. The summed E-state index contributed by atoms with van der Waals surface area (Å²) in [6.45, 7) is -3.65. The number of methoxy groups -OCH3 is 1. The lowest BCUT2D eigenvalue weighted by molar-refractivity contribution is -0.143. The molecular weight excluding hydrogens is 390 g/mol. The average molecular weight is 408 g/mol. The van der Waals surface area contributed by atoms with E-state index < -0.39 is 31.0 Å². The Labute approximate surface area is 164 Å². The highest BCUT2D eigenvalue weighted by Gasteiger charge is 2.14. The molecule has 1 N–H and O–H groups in total. The van der Waals surface area contributed by atoms with Crippen LogP contribution < -0.4 is 14.8 Å². The highest BCUT2D eigenvalue weighted by Crippen LogP contribution is 2.29. The number of alkyl halides is 2. The van der Waals surface area contributed by atoms with Crippen LogP contribution in [-0.4, -0.2) is 42.7 Å². The lowest BCUT2D eigenvalue weighted by Gasteiger charge is -2.10. The number of imide groups is 1. The maximum absolute atomic E-state index is 12.3. The largest absolute Gasteiger partial charge is 0.493 e. The number of carbonyl (C=O) groups is 3. The molecule has 154 valence electrons. The Morgan fingerprint density at radius 2 is 1.97 bits per heavy atom. The standard InChI is InChI=1S/C19H18F2N2O6/c1-23-9-3-4-13(23)18(26)22-16(24)11-28-17(25)8-6-12-5-7-14(29-19(20)21)15(10-12)27-2/h3-10,19H,11H2,1-2H3,(H,22,24,26). The SMILES string of the molecule is COc1cc(C=CC(=O)OCC(=O)NC(=O)c2cccn2C)ccc1OC(F)F. The molecule has 0 radical (unpaired) electrons. The third-order valence-electron chi connectivity index (χ3n) is 3.59. The van der Waals surface area contributed by atoms with Crippen molar-refractivity contribution in [2.24, 2.45) is 7.05 Å². The Morgan fingerprint density at radius 3 is 2.59 bits per heavy atom. The smallest absolute Gasteiger partial charge is 0.387 e. The van der Waals surface area contributed by atoms with E-state index in [0.717, 1.165) is 6.08 Å². The van der Waals surface area contributed by atoms with Gasteiger partial charge in [0.1, 0.15) is 5.69 Å². The predicted octanol–water partition coefficient (Wildman–Crippen LogP) is 2.15. The Hall–Kier alpha value is -3.69. The quantitative estimate of drug-likeness (QED) is 0.531. The molecule has 0 aliphatic rings. The Bertz CT molecular complexity index is 923. The summed E-state index contributed by atoms with van der Waals surface area (Å²) in [6.07, 6.45) is 4.02. The third kappa shape index (κ3) is 6.45. The van der Waals surface area contributed by atoms with Gasteiger partial charge in [-0.15, -0.1) is 0 Å². The number of aromatic nitrogens is 1. The summed E-state index contributed by atoms with van der Waals surface area (Å²) in [5.41, 5.74) is 0.724. The van der Waals surface area contributed by atoms with Crippen molar-refractivity contribution in [1.29, 1.82) is 0 Å². The summed E-state index contributed by atoms with van der Waals surface area (Å²) in [5.74, 6) is -2.33. The van der Waals surface area contributed by atoms with Gasteiger partial charge in [0.15, 0.2) is 18.1 Å². The van der Waals surface area contributed by atoms with Gasteiger partial charge in [-0.2, -0.15) is 8.78 Å². The molecule has 0 fully saturated rings. The van der Waals surface area contributed by atoms with E-state index in [1.807, 2.05) is 0 Å². The van der Waals surface area contributed by atoms with Gasteiger partial charge in [-0.25, -0.2) is 4.79 Å². The number of esters is 1. The van der Waals surface area contributed by atoms with E-state index >= 15 is 0 Å². The van der Waals surface area contributed by atoms with Gasteiger partial charge in [0.05, 0.1) is 7.11 Å². The Balaban J connectivity index is 1.87. The van der Waals surface area contributed by atoms with E-state index in [9.17, 15) is 23.2 Å². The van der Waals surface area contributed by atoms with Gasteiger partial charge in [0.25, 0.3) is 11.8 Å². The molecule has 0 unspecified atom stereocenters. The van der Waals surface area contributed by atoms with Crippen molar-refractivity contribution in [2.45, 2.75) is 6.61 Å². The van der Waals surface area contributed by atoms with E-state index in [1.54, 1.807) is 19.3 Å². The first kappa shape index (κ1) is 21.6. The van der Waals surface area contributed by atoms with Crippen LogP contribution in [0, 0.1) is 0 Å². The molecule has 10 heteroatoms. The minimum atomic E-state index is -3.00. The van der Waals surface area contributed by atoms with Gasteiger partial charge >= 0.3 is 12.6 Å². The van der Waals surface area contributed by atoms with Crippen LogP contribution in [0.5, 0.6) is 11.5 Å². The number of amides is 2. The van der Waals surface area contributed by atoms with Crippen LogP contribution in [0.1, 0.15) is 16.1 Å². The first-order valence-corrected chi connectivity index (χ1v) is 8.23. The number of aryl methyl sites for hydroxylation is 1. The second kappa shape index (κ2) is 10.0. The molecule has 2 amide bonds. The van der Waals surface area contributed by atoms with Gasteiger partial charge in [-0.05, 0) is 35.9 Å². The molecule has 1 aromatic heterocycles. The molecule has 0 atom stereocenters. The maximum Gasteiger partial charge on any atom is 0.387 e. The number of benzene rings is 1. The van der Waals surface area contributed by atoms with E-state index in [2.05, 4.69) is 10.1 Å². The van der Waals surface area contributed by atoms with Crippen LogP contribution in [0.25, 0.3) is 6.08 Å². The average Bonchev–Trinajstić information content (AvgIpc) is 3.11. The second-order valence-corrected chi connectivity index (χ2v) is 5.61. The van der Waals surface area contributed by atoms with Crippen molar-refractivity contribution in [2.75, 3.05) is 13.7 Å². The molecule has 1 heterocycles. The molecule has 0 saturated heterocycles. The van der Waals surface area contributed by atoms with E-state index in [-0.39, 0.29) is 17.2 Å². The first-order valence-electron chi connectivity index (χ1n) is 8.23. The maximum atomic E-state index is 12.3. The summed E-state index contributed by atoms with van der Waals surface area (Å²) in [5, 5.41) is 2.10. The molecule has 0 spiro atoms. The van der Waals surface area contributed by atoms with Crippen molar-refractivity contribution in [3.63, 3.8) is 0 Å². The van der Waals surface area contributed by atoms with Gasteiger partial charge in [0.2, 0.25) is 0 Å². The van der Waals surface area contributed by atoms with E-state index in [1.165, 1.54) is 42.0 Å². The van der Waals surface area contributed by atoms with Crippen molar-refractivity contribution in [3.05, 3.63) is 53.9 Å². The summed E-state index contributed by atoms with van der Waals surface area (Å²) < 4.78 is 40.2. The van der Waals surface area contributed by atoms with E-state index in [4.69, 9.17) is 9.47 Å². The number of hydrogen-bond acceptors (Lipinski definition) is 6. The second-order valence-electron chi connectivity index (χ2n) is 5.61. The highest BCUT2D eigenvalue weighted by molar-refractivity contribution is 6.04. The molecule has 1 aromatic carbocycles. The van der Waals surface area contributed by atoms with Crippen LogP contribution >= 0.6 is 0 Å². The number of nitrogens with zero attached hydrogens (tertiary/aromatic N) is 1. The summed E-state index contributed by atoms with van der Waals surface area (Å²) in [4.78, 5) is 35.3. The monoisotopic (exact) mass is 408 g/mol. The fraction of sp³-hybridized carbons (Fsp3) is 0.211. The zero-order chi connectivity index (χ0) is 21.4. The number of carbonyl (C=O) groups excluding carboxylic acids is 3.